The predicted octanol–water partition coefficient (Wildman–Crippen LogP) is 4.51. The lowest BCUT2D eigenvalue weighted by atomic mass is 9.79. The zero-order valence-electron chi connectivity index (χ0n) is 12.7. The topological polar surface area (TPSA) is 26.3 Å². The van der Waals surface area contributed by atoms with Crippen LogP contribution in [0.5, 0.6) is 0 Å². The van der Waals surface area contributed by atoms with E-state index in [1.54, 1.807) is 0 Å². The van der Waals surface area contributed by atoms with E-state index in [1.807, 2.05) is 0 Å². The van der Waals surface area contributed by atoms with Gasteiger partial charge in [0.05, 0.1) is 6.10 Å². The third kappa shape index (κ3) is 4.05. The summed E-state index contributed by atoms with van der Waals surface area (Å²) in [5, 5.41) is 0. The van der Waals surface area contributed by atoms with Crippen molar-refractivity contribution in [3.63, 3.8) is 0 Å². The first-order chi connectivity index (χ1) is 9.17. The molecule has 19 heavy (non-hydrogen) atoms. The molecule has 0 amide bonds. The second kappa shape index (κ2) is 6.88. The van der Waals surface area contributed by atoms with Crippen LogP contribution in [0.3, 0.4) is 0 Å². The Bertz CT molecular complexity index is 271. The quantitative estimate of drug-likeness (QED) is 0.684. The van der Waals surface area contributed by atoms with Gasteiger partial charge in [0.25, 0.3) is 0 Å². The van der Waals surface area contributed by atoms with Crippen molar-refractivity contribution in [3.05, 3.63) is 0 Å². The summed E-state index contributed by atoms with van der Waals surface area (Å²) < 4.78 is 6.28. The summed E-state index contributed by atoms with van der Waals surface area (Å²) >= 11 is 0. The normalized spacial score (nSPS) is 40.0. The molecule has 0 atom stereocenters. The molecule has 2 saturated carbocycles. The highest BCUT2D eigenvalue weighted by Crippen LogP contribution is 2.37. The Hall–Kier alpha value is -0.370. The van der Waals surface area contributed by atoms with E-state index in [9.17, 15) is 4.79 Å². The number of aldehydes is 1. The lowest BCUT2D eigenvalue weighted by Crippen LogP contribution is -2.42. The van der Waals surface area contributed by atoms with E-state index in [1.165, 1.54) is 25.7 Å². The molecule has 2 nitrogen and oxygen atoms in total. The molecule has 0 spiro atoms. The molecule has 0 N–H and O–H groups in total. The number of rotatable bonds is 5. The maximum Gasteiger partial charge on any atom is 0.151 e. The van der Waals surface area contributed by atoms with Crippen LogP contribution in [0.25, 0.3) is 0 Å². The first kappa shape index (κ1) is 15.0. The molecule has 0 bridgehead atoms. The van der Waals surface area contributed by atoms with Crippen LogP contribution in [0, 0.1) is 11.8 Å². The van der Waals surface area contributed by atoms with E-state index in [0.29, 0.717) is 6.10 Å². The summed E-state index contributed by atoms with van der Waals surface area (Å²) in [4.78, 5) is 11.5. The monoisotopic (exact) mass is 266 g/mol. The van der Waals surface area contributed by atoms with Crippen molar-refractivity contribution in [2.75, 3.05) is 0 Å². The average molecular weight is 266 g/mol. The largest absolute Gasteiger partial charge is 0.364 e. The van der Waals surface area contributed by atoms with Crippen LogP contribution in [0.15, 0.2) is 0 Å². The number of ether oxygens (including phenoxy) is 1. The second-order valence-corrected chi connectivity index (χ2v) is 6.91. The second-order valence-electron chi connectivity index (χ2n) is 6.91. The van der Waals surface area contributed by atoms with Gasteiger partial charge >= 0.3 is 0 Å². The lowest BCUT2D eigenvalue weighted by molar-refractivity contribution is -0.153. The maximum atomic E-state index is 11.5. The summed E-state index contributed by atoms with van der Waals surface area (Å²) in [5.74, 6) is 1.67. The van der Waals surface area contributed by atoms with E-state index in [-0.39, 0.29) is 0 Å². The Labute approximate surface area is 118 Å². The van der Waals surface area contributed by atoms with Crippen molar-refractivity contribution < 1.29 is 9.53 Å². The lowest BCUT2D eigenvalue weighted by Gasteiger charge is -2.39. The average Bonchev–Trinajstić information content (AvgIpc) is 2.44. The van der Waals surface area contributed by atoms with Crippen molar-refractivity contribution in [3.8, 4) is 0 Å². The SMILES string of the molecule is CCCC1CCC(OC2(C=O)CCC(C)CC2)CC1. The molecular weight excluding hydrogens is 236 g/mol. The molecule has 0 aliphatic heterocycles. The minimum atomic E-state index is -0.436. The highest BCUT2D eigenvalue weighted by Gasteiger charge is 2.37. The van der Waals surface area contributed by atoms with Crippen LogP contribution in [-0.4, -0.2) is 18.0 Å². The fraction of sp³-hybridized carbons (Fsp3) is 0.941. The molecule has 0 aromatic rings. The van der Waals surface area contributed by atoms with E-state index in [0.717, 1.165) is 56.6 Å². The summed E-state index contributed by atoms with van der Waals surface area (Å²) in [6.07, 6.45) is 13.2. The summed E-state index contributed by atoms with van der Waals surface area (Å²) in [5.41, 5.74) is -0.436. The third-order valence-electron chi connectivity index (χ3n) is 5.23. The van der Waals surface area contributed by atoms with Crippen LogP contribution in [0.1, 0.15) is 78.1 Å². The van der Waals surface area contributed by atoms with Crippen LogP contribution in [-0.2, 0) is 9.53 Å². The van der Waals surface area contributed by atoms with Gasteiger partial charge in [0, 0.05) is 0 Å². The van der Waals surface area contributed by atoms with E-state index in [2.05, 4.69) is 13.8 Å². The molecule has 2 fully saturated rings. The van der Waals surface area contributed by atoms with Crippen LogP contribution < -0.4 is 0 Å². The van der Waals surface area contributed by atoms with E-state index >= 15 is 0 Å². The highest BCUT2D eigenvalue weighted by molar-refractivity contribution is 5.62. The Morgan fingerprint density at radius 3 is 2.26 bits per heavy atom. The molecule has 0 aromatic carbocycles. The Balaban J connectivity index is 1.81. The van der Waals surface area contributed by atoms with Gasteiger partial charge in [0.2, 0.25) is 0 Å². The fourth-order valence-electron chi connectivity index (χ4n) is 3.79. The Morgan fingerprint density at radius 2 is 1.74 bits per heavy atom. The zero-order chi connectivity index (χ0) is 13.7. The first-order valence-corrected chi connectivity index (χ1v) is 8.31. The molecule has 2 aliphatic carbocycles. The molecule has 0 saturated heterocycles. The Kier molecular flexibility index (Phi) is 5.44. The fourth-order valence-corrected chi connectivity index (χ4v) is 3.79. The molecule has 0 heterocycles. The van der Waals surface area contributed by atoms with Gasteiger partial charge < -0.3 is 9.53 Å². The molecule has 0 unspecified atom stereocenters. The molecule has 0 radical (unpaired) electrons. The van der Waals surface area contributed by atoms with Gasteiger partial charge in [-0.05, 0) is 63.2 Å². The zero-order valence-corrected chi connectivity index (χ0v) is 12.7. The molecule has 110 valence electrons. The summed E-state index contributed by atoms with van der Waals surface area (Å²) in [6, 6.07) is 0. The molecule has 2 rings (SSSR count). The van der Waals surface area contributed by atoms with E-state index in [4.69, 9.17) is 4.74 Å². The van der Waals surface area contributed by atoms with Crippen molar-refractivity contribution in [1.82, 2.24) is 0 Å². The van der Waals surface area contributed by atoms with Crippen LogP contribution in [0.4, 0.5) is 0 Å². The molecular formula is C17H30O2. The van der Waals surface area contributed by atoms with Gasteiger partial charge in [-0.1, -0.05) is 26.7 Å². The van der Waals surface area contributed by atoms with Crippen LogP contribution >= 0.6 is 0 Å². The minimum absolute atomic E-state index is 0.340. The molecule has 2 aliphatic rings. The van der Waals surface area contributed by atoms with Gasteiger partial charge in [-0.2, -0.15) is 0 Å². The van der Waals surface area contributed by atoms with E-state index < -0.39 is 5.60 Å². The van der Waals surface area contributed by atoms with Crippen molar-refractivity contribution in [2.24, 2.45) is 11.8 Å². The number of carbonyl (C=O) groups excluding carboxylic acids is 1. The number of hydrogen-bond acceptors (Lipinski definition) is 2. The van der Waals surface area contributed by atoms with Gasteiger partial charge in [-0.25, -0.2) is 0 Å². The first-order valence-electron chi connectivity index (χ1n) is 8.31. The van der Waals surface area contributed by atoms with Gasteiger partial charge in [-0.15, -0.1) is 0 Å². The Morgan fingerprint density at radius 1 is 1.11 bits per heavy atom. The molecule has 2 heteroatoms. The number of hydrogen-bond donors (Lipinski definition) is 0. The minimum Gasteiger partial charge on any atom is -0.364 e. The van der Waals surface area contributed by atoms with Gasteiger partial charge in [0.15, 0.2) is 6.29 Å². The third-order valence-corrected chi connectivity index (χ3v) is 5.23. The molecule has 0 aromatic heterocycles. The predicted molar refractivity (Wildman–Crippen MR) is 78.2 cm³/mol. The standard InChI is InChI=1S/C17H30O2/c1-3-4-15-5-7-16(8-6-15)19-17(13-18)11-9-14(2)10-12-17/h13-16H,3-12H2,1-2H3. The van der Waals surface area contributed by atoms with Crippen molar-refractivity contribution >= 4 is 6.29 Å². The summed E-state index contributed by atoms with van der Waals surface area (Å²) in [6.45, 7) is 4.55. The number of carbonyl (C=O) groups is 1. The van der Waals surface area contributed by atoms with Gasteiger partial charge in [-0.3, -0.25) is 0 Å². The smallest absolute Gasteiger partial charge is 0.151 e. The van der Waals surface area contributed by atoms with Gasteiger partial charge in [0.1, 0.15) is 5.60 Å². The highest BCUT2D eigenvalue weighted by atomic mass is 16.5. The van der Waals surface area contributed by atoms with Crippen molar-refractivity contribution in [1.29, 1.82) is 0 Å². The van der Waals surface area contributed by atoms with Crippen molar-refractivity contribution in [2.45, 2.75) is 89.8 Å². The summed E-state index contributed by atoms with van der Waals surface area (Å²) in [7, 11) is 0. The van der Waals surface area contributed by atoms with Crippen LogP contribution in [0.2, 0.25) is 0 Å². The maximum absolute atomic E-state index is 11.5.